The van der Waals surface area contributed by atoms with Gasteiger partial charge in [0.2, 0.25) is 5.91 Å². The molecule has 1 amide bonds. The Kier molecular flexibility index (Phi) is 5.94. The molecule has 0 saturated heterocycles. The molecule has 1 aromatic carbocycles. The third-order valence-corrected chi connectivity index (χ3v) is 5.59. The second kappa shape index (κ2) is 7.77. The summed E-state index contributed by atoms with van der Waals surface area (Å²) in [7, 11) is -3.57. The van der Waals surface area contributed by atoms with Crippen molar-refractivity contribution in [2.45, 2.75) is 37.6 Å². The number of amides is 1. The molecule has 1 aromatic heterocycles. The van der Waals surface area contributed by atoms with E-state index in [1.807, 2.05) is 13.8 Å². The molecule has 0 aliphatic rings. The maximum absolute atomic E-state index is 12.9. The SMILES string of the molecule is CC(C)c1nccn1C(C)C(=O)NCCS(=O)(=O)c1ccc(F)cc1. The van der Waals surface area contributed by atoms with Gasteiger partial charge in [-0.05, 0) is 31.2 Å². The second-order valence-electron chi connectivity index (χ2n) is 6.09. The van der Waals surface area contributed by atoms with Gasteiger partial charge in [0, 0.05) is 24.9 Å². The van der Waals surface area contributed by atoms with Gasteiger partial charge in [-0.25, -0.2) is 17.8 Å². The first-order valence-corrected chi connectivity index (χ1v) is 9.66. The van der Waals surface area contributed by atoms with Gasteiger partial charge in [0.05, 0.1) is 10.6 Å². The van der Waals surface area contributed by atoms with Crippen molar-refractivity contribution in [2.24, 2.45) is 0 Å². The Balaban J connectivity index is 1.95. The zero-order valence-electron chi connectivity index (χ0n) is 14.4. The van der Waals surface area contributed by atoms with Gasteiger partial charge in [-0.2, -0.15) is 0 Å². The van der Waals surface area contributed by atoms with E-state index >= 15 is 0 Å². The van der Waals surface area contributed by atoms with Crippen molar-refractivity contribution in [3.8, 4) is 0 Å². The third-order valence-electron chi connectivity index (χ3n) is 3.85. The molecule has 136 valence electrons. The molecule has 0 spiro atoms. The van der Waals surface area contributed by atoms with Gasteiger partial charge in [-0.1, -0.05) is 13.8 Å². The van der Waals surface area contributed by atoms with Crippen molar-refractivity contribution in [1.82, 2.24) is 14.9 Å². The lowest BCUT2D eigenvalue weighted by Crippen LogP contribution is -2.34. The zero-order chi connectivity index (χ0) is 18.6. The van der Waals surface area contributed by atoms with Crippen LogP contribution >= 0.6 is 0 Å². The Bertz CT molecular complexity index is 829. The molecule has 0 bridgehead atoms. The predicted molar refractivity (Wildman–Crippen MR) is 92.5 cm³/mol. The van der Waals surface area contributed by atoms with Gasteiger partial charge < -0.3 is 9.88 Å². The molecule has 25 heavy (non-hydrogen) atoms. The largest absolute Gasteiger partial charge is 0.353 e. The number of nitrogens with one attached hydrogen (secondary N) is 1. The van der Waals surface area contributed by atoms with Crippen LogP contribution in [0.15, 0.2) is 41.6 Å². The van der Waals surface area contributed by atoms with Crippen LogP contribution in [0.5, 0.6) is 0 Å². The van der Waals surface area contributed by atoms with E-state index in [2.05, 4.69) is 10.3 Å². The fraction of sp³-hybridized carbons (Fsp3) is 0.412. The number of halogens is 1. The average molecular weight is 367 g/mol. The number of carbonyl (C=O) groups excluding carboxylic acids is 1. The van der Waals surface area contributed by atoms with E-state index in [1.54, 1.807) is 23.9 Å². The molecule has 6 nitrogen and oxygen atoms in total. The summed E-state index contributed by atoms with van der Waals surface area (Å²) in [5, 5.41) is 2.63. The summed E-state index contributed by atoms with van der Waals surface area (Å²) in [6.45, 7) is 5.68. The van der Waals surface area contributed by atoms with E-state index in [9.17, 15) is 17.6 Å². The normalized spacial score (nSPS) is 13.0. The molecule has 0 fully saturated rings. The Labute approximate surface area is 147 Å². The lowest BCUT2D eigenvalue weighted by molar-refractivity contribution is -0.123. The molecule has 1 atom stereocenters. The van der Waals surface area contributed by atoms with E-state index in [0.717, 1.165) is 18.0 Å². The van der Waals surface area contributed by atoms with Crippen LogP contribution in [0.2, 0.25) is 0 Å². The van der Waals surface area contributed by atoms with Crippen LogP contribution in [0.3, 0.4) is 0 Å². The summed E-state index contributed by atoms with van der Waals surface area (Å²) in [6, 6.07) is 4.14. The molecule has 1 heterocycles. The maximum Gasteiger partial charge on any atom is 0.242 e. The van der Waals surface area contributed by atoms with Gasteiger partial charge >= 0.3 is 0 Å². The predicted octanol–water partition coefficient (Wildman–Crippen LogP) is 2.30. The van der Waals surface area contributed by atoms with Crippen LogP contribution in [-0.2, 0) is 14.6 Å². The van der Waals surface area contributed by atoms with E-state index < -0.39 is 21.7 Å². The molecule has 0 saturated carbocycles. The quantitative estimate of drug-likeness (QED) is 0.762. The smallest absolute Gasteiger partial charge is 0.242 e. The molecule has 2 rings (SSSR count). The lowest BCUT2D eigenvalue weighted by atomic mass is 10.2. The van der Waals surface area contributed by atoms with Crippen LogP contribution in [0.4, 0.5) is 4.39 Å². The molecule has 8 heteroatoms. The van der Waals surface area contributed by atoms with Crippen LogP contribution < -0.4 is 5.32 Å². The summed E-state index contributed by atoms with van der Waals surface area (Å²) >= 11 is 0. The summed E-state index contributed by atoms with van der Waals surface area (Å²) in [6.07, 6.45) is 3.37. The van der Waals surface area contributed by atoms with Crippen molar-refractivity contribution < 1.29 is 17.6 Å². The van der Waals surface area contributed by atoms with Crippen molar-refractivity contribution in [3.05, 3.63) is 48.3 Å². The monoisotopic (exact) mass is 367 g/mol. The van der Waals surface area contributed by atoms with E-state index in [1.165, 1.54) is 12.1 Å². The van der Waals surface area contributed by atoms with Gasteiger partial charge in [0.1, 0.15) is 17.7 Å². The van der Waals surface area contributed by atoms with E-state index in [-0.39, 0.29) is 29.0 Å². The first kappa shape index (κ1) is 19.1. The summed E-state index contributed by atoms with van der Waals surface area (Å²) < 4.78 is 39.0. The molecular weight excluding hydrogens is 345 g/mol. The topological polar surface area (TPSA) is 81.1 Å². The summed E-state index contributed by atoms with van der Waals surface area (Å²) in [5.74, 6) is -0.0693. The Morgan fingerprint density at radius 3 is 2.48 bits per heavy atom. The second-order valence-corrected chi connectivity index (χ2v) is 8.20. The van der Waals surface area contributed by atoms with Crippen molar-refractivity contribution in [1.29, 1.82) is 0 Å². The van der Waals surface area contributed by atoms with Crippen molar-refractivity contribution >= 4 is 15.7 Å². The van der Waals surface area contributed by atoms with Crippen molar-refractivity contribution in [3.63, 3.8) is 0 Å². The first-order chi connectivity index (χ1) is 11.7. The number of benzene rings is 1. The minimum Gasteiger partial charge on any atom is -0.353 e. The number of nitrogens with zero attached hydrogens (tertiary/aromatic N) is 2. The number of aromatic nitrogens is 2. The fourth-order valence-corrected chi connectivity index (χ4v) is 3.60. The Morgan fingerprint density at radius 1 is 1.24 bits per heavy atom. The molecule has 1 unspecified atom stereocenters. The van der Waals surface area contributed by atoms with Crippen LogP contribution in [0.1, 0.15) is 38.6 Å². The highest BCUT2D eigenvalue weighted by molar-refractivity contribution is 7.91. The van der Waals surface area contributed by atoms with Gasteiger partial charge in [-0.15, -0.1) is 0 Å². The standard InChI is InChI=1S/C17H22FN3O3S/c1-12(2)16-19-8-10-21(16)13(3)17(22)20-9-11-25(23,24)15-6-4-14(18)5-7-15/h4-8,10,12-13H,9,11H2,1-3H3,(H,20,22). The number of rotatable bonds is 7. The lowest BCUT2D eigenvalue weighted by Gasteiger charge is -2.17. The summed E-state index contributed by atoms with van der Waals surface area (Å²) in [4.78, 5) is 16.6. The third kappa shape index (κ3) is 4.66. The minimum atomic E-state index is -3.57. The fourth-order valence-electron chi connectivity index (χ4n) is 2.44. The van der Waals surface area contributed by atoms with Crippen molar-refractivity contribution in [2.75, 3.05) is 12.3 Å². The molecule has 0 aliphatic heterocycles. The average Bonchev–Trinajstić information content (AvgIpc) is 3.04. The van der Waals surface area contributed by atoms with E-state index in [4.69, 9.17) is 0 Å². The Morgan fingerprint density at radius 2 is 1.88 bits per heavy atom. The van der Waals surface area contributed by atoms with Crippen LogP contribution in [-0.4, -0.2) is 36.2 Å². The van der Waals surface area contributed by atoms with Crippen LogP contribution in [0, 0.1) is 5.82 Å². The van der Waals surface area contributed by atoms with Gasteiger partial charge in [0.15, 0.2) is 9.84 Å². The molecule has 0 aliphatic carbocycles. The zero-order valence-corrected chi connectivity index (χ0v) is 15.3. The minimum absolute atomic E-state index is 0.0193. The Hall–Kier alpha value is -2.22. The number of sulfone groups is 1. The highest BCUT2D eigenvalue weighted by Crippen LogP contribution is 2.17. The van der Waals surface area contributed by atoms with Crippen LogP contribution in [0.25, 0.3) is 0 Å². The molecule has 1 N–H and O–H groups in total. The maximum atomic E-state index is 12.9. The van der Waals surface area contributed by atoms with Gasteiger partial charge in [0.25, 0.3) is 0 Å². The molecular formula is C17H22FN3O3S. The highest BCUT2D eigenvalue weighted by atomic mass is 32.2. The highest BCUT2D eigenvalue weighted by Gasteiger charge is 2.20. The molecule has 0 radical (unpaired) electrons. The van der Waals surface area contributed by atoms with E-state index in [0.29, 0.717) is 0 Å². The molecule has 2 aromatic rings. The van der Waals surface area contributed by atoms with Gasteiger partial charge in [-0.3, -0.25) is 4.79 Å². The number of hydrogen-bond donors (Lipinski definition) is 1. The number of hydrogen-bond acceptors (Lipinski definition) is 4. The summed E-state index contributed by atoms with van der Waals surface area (Å²) in [5.41, 5.74) is 0. The number of carbonyl (C=O) groups is 1. The number of imidazole rings is 1. The first-order valence-electron chi connectivity index (χ1n) is 8.01.